The largest absolute Gasteiger partial charge is 0.374 e. The number of hydrogen-bond acceptors (Lipinski definition) is 3. The molecule has 5 heteroatoms. The van der Waals surface area contributed by atoms with Crippen LogP contribution >= 0.6 is 22.6 Å². The second kappa shape index (κ2) is 5.75. The van der Waals surface area contributed by atoms with E-state index in [4.69, 9.17) is 4.74 Å². The van der Waals surface area contributed by atoms with Crippen LogP contribution < -0.4 is 0 Å². The van der Waals surface area contributed by atoms with Gasteiger partial charge in [-0.25, -0.2) is 0 Å². The first-order chi connectivity index (χ1) is 8.92. The third-order valence-corrected chi connectivity index (χ3v) is 6.20. The Bertz CT molecular complexity index is 449. The van der Waals surface area contributed by atoms with Crippen molar-refractivity contribution in [2.45, 2.75) is 29.3 Å². The lowest BCUT2D eigenvalue weighted by Gasteiger charge is -2.27. The second-order valence-corrected chi connectivity index (χ2v) is 6.85. The molecular formula is C14H18INO3. The summed E-state index contributed by atoms with van der Waals surface area (Å²) >= 11 is 2.38. The maximum atomic E-state index is 11.0. The summed E-state index contributed by atoms with van der Waals surface area (Å²) in [4.78, 5) is 10.8. The average Bonchev–Trinajstić information content (AvgIpc) is 2.63. The van der Waals surface area contributed by atoms with Gasteiger partial charge in [0.2, 0.25) is 6.54 Å². The Kier molecular flexibility index (Phi) is 4.45. The molecule has 1 saturated heterocycles. The van der Waals surface area contributed by atoms with Crippen molar-refractivity contribution in [1.82, 2.24) is 0 Å². The van der Waals surface area contributed by atoms with Gasteiger partial charge in [0.1, 0.15) is 0 Å². The van der Waals surface area contributed by atoms with Crippen molar-refractivity contribution in [2.24, 2.45) is 5.92 Å². The molecule has 1 heterocycles. The molecule has 0 aromatic heterocycles. The van der Waals surface area contributed by atoms with Crippen molar-refractivity contribution in [2.75, 3.05) is 13.2 Å². The van der Waals surface area contributed by atoms with E-state index in [1.807, 2.05) is 30.3 Å². The van der Waals surface area contributed by atoms with Gasteiger partial charge >= 0.3 is 0 Å². The molecule has 4 nitrogen and oxygen atoms in total. The zero-order chi connectivity index (χ0) is 14.0. The standard InChI is InChI=1S/C14H18INO3/c1-14(2)13(15)12(9-19-14)11(8-16(17)18)10-6-4-3-5-7-10/h3-7,11-13H,8-9H2,1-2H3/t11-,12+,13+/m1/s1. The summed E-state index contributed by atoms with van der Waals surface area (Å²) in [6.07, 6.45) is 0. The van der Waals surface area contributed by atoms with Crippen molar-refractivity contribution < 1.29 is 9.66 Å². The Labute approximate surface area is 126 Å². The minimum atomic E-state index is -0.216. The van der Waals surface area contributed by atoms with Crippen LogP contribution in [-0.4, -0.2) is 27.6 Å². The Balaban J connectivity index is 2.27. The van der Waals surface area contributed by atoms with Gasteiger partial charge in [-0.3, -0.25) is 10.1 Å². The average molecular weight is 375 g/mol. The van der Waals surface area contributed by atoms with E-state index in [0.29, 0.717) is 6.61 Å². The lowest BCUT2D eigenvalue weighted by atomic mass is 9.82. The van der Waals surface area contributed by atoms with E-state index < -0.39 is 0 Å². The molecule has 0 radical (unpaired) electrons. The highest BCUT2D eigenvalue weighted by atomic mass is 127. The molecular weight excluding hydrogens is 357 g/mol. The fourth-order valence-electron chi connectivity index (χ4n) is 2.66. The van der Waals surface area contributed by atoms with Crippen LogP contribution in [0.4, 0.5) is 0 Å². The molecule has 0 saturated carbocycles. The molecule has 3 atom stereocenters. The Hall–Kier alpha value is -0.690. The van der Waals surface area contributed by atoms with E-state index >= 15 is 0 Å². The van der Waals surface area contributed by atoms with Crippen LogP contribution in [0, 0.1) is 16.0 Å². The molecule has 0 aliphatic carbocycles. The maximum Gasteiger partial charge on any atom is 0.211 e. The third kappa shape index (κ3) is 3.25. The summed E-state index contributed by atoms with van der Waals surface area (Å²) in [5, 5.41) is 11.0. The number of hydrogen-bond donors (Lipinski definition) is 0. The third-order valence-electron chi connectivity index (χ3n) is 3.78. The Morgan fingerprint density at radius 2 is 2.11 bits per heavy atom. The number of nitro groups is 1. The highest BCUT2D eigenvalue weighted by Gasteiger charge is 2.46. The first kappa shape index (κ1) is 14.7. The predicted molar refractivity (Wildman–Crippen MR) is 82.4 cm³/mol. The number of benzene rings is 1. The fraction of sp³-hybridized carbons (Fsp3) is 0.571. The van der Waals surface area contributed by atoms with Gasteiger partial charge in [0.15, 0.2) is 0 Å². The molecule has 1 aliphatic rings. The fourth-order valence-corrected chi connectivity index (χ4v) is 3.55. The summed E-state index contributed by atoms with van der Waals surface area (Å²) in [7, 11) is 0. The SMILES string of the molecule is CC1(C)OC[C@@H]([C@H](C[N+](=O)[O-])c2ccccc2)[C@@H]1I. The van der Waals surface area contributed by atoms with E-state index in [1.165, 1.54) is 0 Å². The second-order valence-electron chi connectivity index (χ2n) is 5.51. The van der Waals surface area contributed by atoms with Gasteiger partial charge in [0.25, 0.3) is 0 Å². The quantitative estimate of drug-likeness (QED) is 0.351. The van der Waals surface area contributed by atoms with Gasteiger partial charge in [-0.1, -0.05) is 52.9 Å². The predicted octanol–water partition coefficient (Wildman–Crippen LogP) is 3.28. The Morgan fingerprint density at radius 1 is 1.47 bits per heavy atom. The van der Waals surface area contributed by atoms with Crippen LogP contribution in [0.15, 0.2) is 30.3 Å². The number of ether oxygens (including phenoxy) is 1. The lowest BCUT2D eigenvalue weighted by Crippen LogP contribution is -2.34. The van der Waals surface area contributed by atoms with E-state index in [1.54, 1.807) is 0 Å². The normalized spacial score (nSPS) is 27.1. The molecule has 2 rings (SSSR count). The molecule has 0 N–H and O–H groups in total. The van der Waals surface area contributed by atoms with Gasteiger partial charge < -0.3 is 4.74 Å². The monoisotopic (exact) mass is 375 g/mol. The number of nitrogens with zero attached hydrogens (tertiary/aromatic N) is 1. The van der Waals surface area contributed by atoms with Crippen LogP contribution in [0.25, 0.3) is 0 Å². The van der Waals surface area contributed by atoms with Crippen LogP contribution in [0.5, 0.6) is 0 Å². The topological polar surface area (TPSA) is 52.4 Å². The number of alkyl halides is 1. The molecule has 104 valence electrons. The van der Waals surface area contributed by atoms with Crippen molar-refractivity contribution >= 4 is 22.6 Å². The molecule has 1 fully saturated rings. The molecule has 0 bridgehead atoms. The van der Waals surface area contributed by atoms with Crippen molar-refractivity contribution in [3.8, 4) is 0 Å². The molecule has 19 heavy (non-hydrogen) atoms. The summed E-state index contributed by atoms with van der Waals surface area (Å²) in [5.74, 6) is 0.100. The maximum absolute atomic E-state index is 11.0. The molecule has 0 spiro atoms. The first-order valence-electron chi connectivity index (χ1n) is 6.36. The molecule has 1 aromatic rings. The Morgan fingerprint density at radius 3 is 2.58 bits per heavy atom. The van der Waals surface area contributed by atoms with E-state index in [-0.39, 0.29) is 32.8 Å². The van der Waals surface area contributed by atoms with Crippen molar-refractivity contribution in [3.63, 3.8) is 0 Å². The first-order valence-corrected chi connectivity index (χ1v) is 7.61. The van der Waals surface area contributed by atoms with Gasteiger partial charge in [0.05, 0.1) is 18.1 Å². The van der Waals surface area contributed by atoms with E-state index in [0.717, 1.165) is 5.56 Å². The van der Waals surface area contributed by atoms with Gasteiger partial charge in [-0.2, -0.15) is 0 Å². The van der Waals surface area contributed by atoms with Gasteiger partial charge in [-0.05, 0) is 19.4 Å². The van der Waals surface area contributed by atoms with E-state index in [2.05, 4.69) is 36.4 Å². The molecule has 0 amide bonds. The van der Waals surface area contributed by atoms with Crippen LogP contribution in [0.2, 0.25) is 0 Å². The van der Waals surface area contributed by atoms with Crippen LogP contribution in [0.1, 0.15) is 25.3 Å². The number of rotatable bonds is 4. The van der Waals surface area contributed by atoms with Gasteiger partial charge in [-0.15, -0.1) is 0 Å². The minimum Gasteiger partial charge on any atom is -0.374 e. The van der Waals surface area contributed by atoms with E-state index in [9.17, 15) is 10.1 Å². The summed E-state index contributed by atoms with van der Waals surface area (Å²) in [5.41, 5.74) is 0.821. The summed E-state index contributed by atoms with van der Waals surface area (Å²) in [6.45, 7) is 4.66. The summed E-state index contributed by atoms with van der Waals surface area (Å²) in [6, 6.07) is 9.76. The lowest BCUT2D eigenvalue weighted by molar-refractivity contribution is -0.484. The molecule has 0 unspecified atom stereocenters. The minimum absolute atomic E-state index is 0.0341. The highest BCUT2D eigenvalue weighted by Crippen LogP contribution is 2.43. The van der Waals surface area contributed by atoms with Crippen molar-refractivity contribution in [3.05, 3.63) is 46.0 Å². The number of halogens is 1. The zero-order valence-electron chi connectivity index (χ0n) is 11.1. The van der Waals surface area contributed by atoms with Crippen LogP contribution in [0.3, 0.4) is 0 Å². The zero-order valence-corrected chi connectivity index (χ0v) is 13.2. The van der Waals surface area contributed by atoms with Crippen LogP contribution in [-0.2, 0) is 4.74 Å². The summed E-state index contributed by atoms with van der Waals surface area (Å²) < 4.78 is 6.09. The molecule has 1 aliphatic heterocycles. The smallest absolute Gasteiger partial charge is 0.211 e. The molecule has 1 aromatic carbocycles. The van der Waals surface area contributed by atoms with Crippen molar-refractivity contribution in [1.29, 1.82) is 0 Å². The van der Waals surface area contributed by atoms with Gasteiger partial charge in [0, 0.05) is 14.8 Å². The highest BCUT2D eigenvalue weighted by molar-refractivity contribution is 14.1.